The van der Waals surface area contributed by atoms with Crippen LogP contribution in [0.15, 0.2) is 64.2 Å². The van der Waals surface area contributed by atoms with Crippen LogP contribution in [0.1, 0.15) is 25.8 Å². The zero-order chi connectivity index (χ0) is 23.4. The van der Waals surface area contributed by atoms with E-state index in [2.05, 4.69) is 25.5 Å². The zero-order valence-corrected chi connectivity index (χ0v) is 19.4. The molecule has 4 rings (SSSR count). The van der Waals surface area contributed by atoms with Crippen molar-refractivity contribution in [3.8, 4) is 34.3 Å². The lowest BCUT2D eigenvalue weighted by Gasteiger charge is -2.09. The van der Waals surface area contributed by atoms with E-state index in [1.165, 1.54) is 12.3 Å². The summed E-state index contributed by atoms with van der Waals surface area (Å²) in [5.41, 5.74) is 2.85. The molecule has 170 valence electrons. The van der Waals surface area contributed by atoms with Gasteiger partial charge in [-0.2, -0.15) is 0 Å². The van der Waals surface area contributed by atoms with Crippen LogP contribution >= 0.6 is 0 Å². The van der Waals surface area contributed by atoms with Gasteiger partial charge in [-0.05, 0) is 43.3 Å². The van der Waals surface area contributed by atoms with Crippen molar-refractivity contribution in [2.24, 2.45) is 0 Å². The van der Waals surface area contributed by atoms with Gasteiger partial charge in [-0.25, -0.2) is 9.37 Å². The van der Waals surface area contributed by atoms with Gasteiger partial charge in [0.05, 0.1) is 34.5 Å². The van der Waals surface area contributed by atoms with Crippen LogP contribution in [0.3, 0.4) is 0 Å². The summed E-state index contributed by atoms with van der Waals surface area (Å²) in [5.74, 6) is -0.220. The van der Waals surface area contributed by atoms with Crippen molar-refractivity contribution in [1.82, 2.24) is 25.5 Å². The molecule has 0 radical (unpaired) electrons. The van der Waals surface area contributed by atoms with E-state index in [0.29, 0.717) is 17.9 Å². The maximum absolute atomic E-state index is 14.5. The molecule has 7 nitrogen and oxygen atoms in total. The van der Waals surface area contributed by atoms with Gasteiger partial charge in [-0.15, -0.1) is 10.2 Å². The van der Waals surface area contributed by atoms with E-state index >= 15 is 0 Å². The van der Waals surface area contributed by atoms with E-state index in [-0.39, 0.29) is 22.6 Å². The van der Waals surface area contributed by atoms with Crippen LogP contribution in [0.2, 0.25) is 0 Å². The first kappa shape index (κ1) is 22.9. The second kappa shape index (κ2) is 10.1. The molecule has 1 N–H and O–H groups in total. The van der Waals surface area contributed by atoms with Crippen molar-refractivity contribution in [2.45, 2.75) is 37.0 Å². The number of nitrogens with zero attached hydrogens (tertiary/aromatic N) is 4. The van der Waals surface area contributed by atoms with Crippen LogP contribution in [0, 0.1) is 5.82 Å². The Hall–Kier alpha value is -3.30. The molecular weight excluding hydrogens is 441 g/mol. The Bertz CT molecular complexity index is 1280. The fraction of sp³-hybridized carbons (Fsp3) is 0.250. The number of halogens is 1. The molecule has 0 saturated carbocycles. The lowest BCUT2D eigenvalue weighted by molar-refractivity contribution is 0.568. The van der Waals surface area contributed by atoms with Crippen molar-refractivity contribution in [3.63, 3.8) is 0 Å². The smallest absolute Gasteiger partial charge is 0.268 e. The lowest BCUT2D eigenvalue weighted by Crippen LogP contribution is -2.09. The van der Waals surface area contributed by atoms with E-state index in [9.17, 15) is 8.60 Å². The lowest BCUT2D eigenvalue weighted by atomic mass is 10.1. The maximum atomic E-state index is 14.5. The Morgan fingerprint density at radius 2 is 1.79 bits per heavy atom. The molecule has 2 aromatic carbocycles. The van der Waals surface area contributed by atoms with Crippen LogP contribution in [0.25, 0.3) is 34.3 Å². The predicted molar refractivity (Wildman–Crippen MR) is 125 cm³/mol. The normalized spacial score (nSPS) is 13.1. The Balaban J connectivity index is 1.58. The summed E-state index contributed by atoms with van der Waals surface area (Å²) in [5, 5.41) is 11.1. The first-order chi connectivity index (χ1) is 16.0. The molecule has 0 aliphatic heterocycles. The van der Waals surface area contributed by atoms with Gasteiger partial charge in [0.15, 0.2) is 0 Å². The highest BCUT2D eigenvalue weighted by Gasteiger charge is 2.17. The Kier molecular flexibility index (Phi) is 7.00. The summed E-state index contributed by atoms with van der Waals surface area (Å²) in [6.07, 6.45) is 3.99. The van der Waals surface area contributed by atoms with Crippen LogP contribution in [-0.2, 0) is 17.3 Å². The fourth-order valence-electron chi connectivity index (χ4n) is 3.23. The van der Waals surface area contributed by atoms with Gasteiger partial charge in [0.1, 0.15) is 11.5 Å². The molecule has 33 heavy (non-hydrogen) atoms. The number of hydrogen-bond donors (Lipinski definition) is 1. The molecule has 0 amide bonds. The minimum absolute atomic E-state index is 0.0718. The highest BCUT2D eigenvalue weighted by atomic mass is 32.2. The Labute approximate surface area is 194 Å². The summed E-state index contributed by atoms with van der Waals surface area (Å²) in [4.78, 5) is 9.59. The molecule has 2 atom stereocenters. The Morgan fingerprint density at radius 1 is 1.06 bits per heavy atom. The van der Waals surface area contributed by atoms with Gasteiger partial charge < -0.3 is 9.73 Å². The molecule has 0 aliphatic carbocycles. The molecule has 0 aliphatic rings. The van der Waals surface area contributed by atoms with Gasteiger partial charge in [-0.1, -0.05) is 32.0 Å². The zero-order valence-electron chi connectivity index (χ0n) is 18.6. The van der Waals surface area contributed by atoms with Crippen molar-refractivity contribution in [1.29, 1.82) is 0 Å². The van der Waals surface area contributed by atoms with Gasteiger partial charge in [0.25, 0.3) is 11.8 Å². The number of rotatable bonds is 8. The molecule has 9 heteroatoms. The van der Waals surface area contributed by atoms with Crippen molar-refractivity contribution in [2.75, 3.05) is 7.05 Å². The van der Waals surface area contributed by atoms with E-state index in [0.717, 1.165) is 22.4 Å². The topological polar surface area (TPSA) is 93.8 Å². The number of nitrogens with one attached hydrogen (secondary N) is 1. The SMILES string of the molecule is CCC(C)S(=O)c1ccc(-c2cncc(-c3nnc(-c4ccc(CNC)cc4F)o3)n2)cc1. The summed E-state index contributed by atoms with van der Waals surface area (Å²) < 4.78 is 32.7. The maximum Gasteiger partial charge on any atom is 0.268 e. The monoisotopic (exact) mass is 465 g/mol. The molecule has 2 aromatic heterocycles. The first-order valence-electron chi connectivity index (χ1n) is 10.6. The minimum atomic E-state index is -1.05. The third kappa shape index (κ3) is 5.04. The molecule has 0 bridgehead atoms. The Morgan fingerprint density at radius 3 is 2.48 bits per heavy atom. The summed E-state index contributed by atoms with van der Waals surface area (Å²) in [6.45, 7) is 4.55. The molecule has 0 fully saturated rings. The third-order valence-electron chi connectivity index (χ3n) is 5.25. The summed E-state index contributed by atoms with van der Waals surface area (Å²) in [6, 6.07) is 12.3. The number of benzene rings is 2. The van der Waals surface area contributed by atoms with Gasteiger partial charge in [0, 0.05) is 22.3 Å². The van der Waals surface area contributed by atoms with Crippen molar-refractivity contribution >= 4 is 10.8 Å². The third-order valence-corrected chi connectivity index (χ3v) is 7.05. The van der Waals surface area contributed by atoms with Crippen LogP contribution in [0.5, 0.6) is 0 Å². The highest BCUT2D eigenvalue weighted by Crippen LogP contribution is 2.27. The largest absolute Gasteiger partial charge is 0.414 e. The summed E-state index contributed by atoms with van der Waals surface area (Å²) in [7, 11) is 0.748. The van der Waals surface area contributed by atoms with E-state index in [1.54, 1.807) is 25.4 Å². The van der Waals surface area contributed by atoms with Crippen molar-refractivity contribution in [3.05, 3.63) is 66.2 Å². The van der Waals surface area contributed by atoms with E-state index in [4.69, 9.17) is 4.42 Å². The van der Waals surface area contributed by atoms with Crippen LogP contribution in [0.4, 0.5) is 4.39 Å². The second-order valence-corrected chi connectivity index (χ2v) is 9.46. The molecular formula is C24H24FN5O2S. The quantitative estimate of drug-likeness (QED) is 0.406. The number of aromatic nitrogens is 4. The fourth-order valence-corrected chi connectivity index (χ4v) is 4.41. The molecule has 4 aromatic rings. The first-order valence-corrected chi connectivity index (χ1v) is 11.8. The highest BCUT2D eigenvalue weighted by molar-refractivity contribution is 7.85. The minimum Gasteiger partial charge on any atom is -0.414 e. The van der Waals surface area contributed by atoms with Gasteiger partial charge in [0.2, 0.25) is 0 Å². The van der Waals surface area contributed by atoms with Crippen LogP contribution in [-0.4, -0.2) is 36.7 Å². The van der Waals surface area contributed by atoms with Gasteiger partial charge >= 0.3 is 0 Å². The van der Waals surface area contributed by atoms with Gasteiger partial charge in [-0.3, -0.25) is 9.19 Å². The van der Waals surface area contributed by atoms with Crippen molar-refractivity contribution < 1.29 is 13.0 Å². The second-order valence-electron chi connectivity index (χ2n) is 7.59. The van der Waals surface area contributed by atoms with E-state index in [1.807, 2.05) is 38.1 Å². The molecule has 2 unspecified atom stereocenters. The molecule has 0 spiro atoms. The molecule has 0 saturated heterocycles. The average molecular weight is 466 g/mol. The summed E-state index contributed by atoms with van der Waals surface area (Å²) >= 11 is 0. The van der Waals surface area contributed by atoms with E-state index < -0.39 is 16.6 Å². The number of hydrogen-bond acceptors (Lipinski definition) is 7. The van der Waals surface area contributed by atoms with Crippen LogP contribution < -0.4 is 5.32 Å². The standard InChI is InChI=1S/C24H24FN5O2S/c1-4-15(2)33(31)18-8-6-17(7-9-18)21-13-27-14-22(28-21)24-30-29-23(32-24)19-10-5-16(12-26-3)11-20(19)25/h5-11,13-15,26H,4,12H2,1-3H3. The average Bonchev–Trinajstić information content (AvgIpc) is 3.33. The molecule has 2 heterocycles. The predicted octanol–water partition coefficient (Wildman–Crippen LogP) is 4.63.